The topological polar surface area (TPSA) is 84.5 Å². The molecule has 7 heteroatoms. The molecule has 0 aliphatic heterocycles. The lowest BCUT2D eigenvalue weighted by Crippen LogP contribution is -2.40. The SMILES string of the molecule is CC(C)(C)NS(=O)(=O)c1ccc(OCC(=O)Nc2cccc3ccccc23)cc1. The van der Waals surface area contributed by atoms with Gasteiger partial charge < -0.3 is 10.1 Å². The van der Waals surface area contributed by atoms with Crippen LogP contribution in [0.1, 0.15) is 20.8 Å². The molecule has 0 aromatic heterocycles. The van der Waals surface area contributed by atoms with E-state index in [4.69, 9.17) is 4.74 Å². The molecular weight excluding hydrogens is 388 g/mol. The molecule has 3 aromatic rings. The van der Waals surface area contributed by atoms with Gasteiger partial charge in [-0.15, -0.1) is 0 Å². The van der Waals surface area contributed by atoms with Crippen molar-refractivity contribution in [2.75, 3.05) is 11.9 Å². The van der Waals surface area contributed by atoms with E-state index in [2.05, 4.69) is 10.0 Å². The number of hydrogen-bond acceptors (Lipinski definition) is 4. The van der Waals surface area contributed by atoms with Gasteiger partial charge in [0.25, 0.3) is 5.91 Å². The molecule has 0 spiro atoms. The Labute approximate surface area is 170 Å². The predicted molar refractivity (Wildman–Crippen MR) is 115 cm³/mol. The summed E-state index contributed by atoms with van der Waals surface area (Å²) in [6.45, 7) is 5.14. The number of benzene rings is 3. The van der Waals surface area contributed by atoms with Crippen LogP contribution in [-0.2, 0) is 14.8 Å². The summed E-state index contributed by atoms with van der Waals surface area (Å²) < 4.78 is 32.7. The molecule has 1 amide bonds. The second-order valence-electron chi connectivity index (χ2n) is 7.69. The minimum absolute atomic E-state index is 0.139. The molecule has 0 fully saturated rings. The van der Waals surface area contributed by atoms with Gasteiger partial charge in [0, 0.05) is 16.6 Å². The van der Waals surface area contributed by atoms with Gasteiger partial charge in [0.15, 0.2) is 6.61 Å². The van der Waals surface area contributed by atoms with Crippen LogP contribution < -0.4 is 14.8 Å². The Bertz CT molecular complexity index is 1110. The predicted octanol–water partition coefficient (Wildman–Crippen LogP) is 3.93. The quantitative estimate of drug-likeness (QED) is 0.642. The highest BCUT2D eigenvalue weighted by molar-refractivity contribution is 7.89. The summed E-state index contributed by atoms with van der Waals surface area (Å²) in [6, 6.07) is 19.4. The van der Waals surface area contributed by atoms with Gasteiger partial charge in [0.2, 0.25) is 10.0 Å². The van der Waals surface area contributed by atoms with Crippen LogP contribution in [0.5, 0.6) is 5.75 Å². The second kappa shape index (κ2) is 8.23. The highest BCUT2D eigenvalue weighted by Crippen LogP contribution is 2.23. The largest absolute Gasteiger partial charge is 0.484 e. The Morgan fingerprint density at radius 2 is 1.59 bits per heavy atom. The number of carbonyl (C=O) groups is 1. The number of carbonyl (C=O) groups excluding carboxylic acids is 1. The Morgan fingerprint density at radius 1 is 0.931 bits per heavy atom. The van der Waals surface area contributed by atoms with Crippen LogP contribution in [0.25, 0.3) is 10.8 Å². The molecule has 2 N–H and O–H groups in total. The van der Waals surface area contributed by atoms with Crippen LogP contribution in [0.4, 0.5) is 5.69 Å². The first-order chi connectivity index (χ1) is 13.6. The summed E-state index contributed by atoms with van der Waals surface area (Å²) in [5, 5.41) is 4.83. The zero-order valence-electron chi connectivity index (χ0n) is 16.6. The third-order valence-corrected chi connectivity index (χ3v) is 5.78. The van der Waals surface area contributed by atoms with E-state index in [0.717, 1.165) is 10.8 Å². The standard InChI is InChI=1S/C22H24N2O4S/c1-22(2,3)24-29(26,27)18-13-11-17(12-14-18)28-15-21(25)23-20-10-6-8-16-7-4-5-9-19(16)20/h4-14,24H,15H2,1-3H3,(H,23,25). The third-order valence-electron chi connectivity index (χ3n) is 4.01. The molecule has 0 aliphatic carbocycles. The molecule has 0 heterocycles. The highest BCUT2D eigenvalue weighted by atomic mass is 32.2. The van der Waals surface area contributed by atoms with E-state index in [1.54, 1.807) is 20.8 Å². The fraction of sp³-hybridized carbons (Fsp3) is 0.227. The van der Waals surface area contributed by atoms with Crippen molar-refractivity contribution in [3.05, 3.63) is 66.7 Å². The summed E-state index contributed by atoms with van der Waals surface area (Å²) in [5.41, 5.74) is 0.139. The van der Waals surface area contributed by atoms with Crippen molar-refractivity contribution in [1.82, 2.24) is 4.72 Å². The number of sulfonamides is 1. The second-order valence-corrected chi connectivity index (χ2v) is 9.37. The van der Waals surface area contributed by atoms with Crippen LogP contribution in [0.15, 0.2) is 71.6 Å². The lowest BCUT2D eigenvalue weighted by molar-refractivity contribution is -0.118. The first kappa shape index (κ1) is 20.8. The molecule has 29 heavy (non-hydrogen) atoms. The molecule has 152 valence electrons. The van der Waals surface area contributed by atoms with Gasteiger partial charge in [0.1, 0.15) is 5.75 Å². The van der Waals surface area contributed by atoms with Gasteiger partial charge in [-0.3, -0.25) is 4.79 Å². The zero-order chi connectivity index (χ0) is 21.1. The van der Waals surface area contributed by atoms with Crippen molar-refractivity contribution in [2.45, 2.75) is 31.2 Å². The molecule has 0 aliphatic rings. The lowest BCUT2D eigenvalue weighted by Gasteiger charge is -2.20. The van der Waals surface area contributed by atoms with Crippen molar-refractivity contribution in [3.8, 4) is 5.75 Å². The number of rotatable bonds is 6. The van der Waals surface area contributed by atoms with E-state index in [1.807, 2.05) is 42.5 Å². The van der Waals surface area contributed by atoms with E-state index < -0.39 is 15.6 Å². The number of ether oxygens (including phenoxy) is 1. The first-order valence-corrected chi connectivity index (χ1v) is 10.7. The maximum atomic E-state index is 12.3. The lowest BCUT2D eigenvalue weighted by atomic mass is 10.1. The minimum atomic E-state index is -3.61. The molecule has 3 rings (SSSR count). The molecule has 0 unspecified atom stereocenters. The summed E-state index contributed by atoms with van der Waals surface area (Å²) in [7, 11) is -3.61. The van der Waals surface area contributed by atoms with Crippen LogP contribution in [-0.4, -0.2) is 26.5 Å². The maximum absolute atomic E-state index is 12.3. The number of anilines is 1. The number of fused-ring (bicyclic) bond motifs is 1. The Hall–Kier alpha value is -2.90. The van der Waals surface area contributed by atoms with Crippen molar-refractivity contribution in [1.29, 1.82) is 0 Å². The molecule has 0 radical (unpaired) electrons. The van der Waals surface area contributed by atoms with Gasteiger partial charge in [-0.05, 0) is 56.5 Å². The van der Waals surface area contributed by atoms with Gasteiger partial charge >= 0.3 is 0 Å². The van der Waals surface area contributed by atoms with Crippen molar-refractivity contribution in [2.24, 2.45) is 0 Å². The summed E-state index contributed by atoms with van der Waals surface area (Å²) in [5.74, 6) is 0.111. The van der Waals surface area contributed by atoms with Crippen molar-refractivity contribution in [3.63, 3.8) is 0 Å². The van der Waals surface area contributed by atoms with Crippen LogP contribution in [0, 0.1) is 0 Å². The average Bonchev–Trinajstić information content (AvgIpc) is 2.65. The van der Waals surface area contributed by atoms with Crippen LogP contribution in [0.2, 0.25) is 0 Å². The monoisotopic (exact) mass is 412 g/mol. The van der Waals surface area contributed by atoms with E-state index in [9.17, 15) is 13.2 Å². The normalized spacial score (nSPS) is 12.0. The first-order valence-electron chi connectivity index (χ1n) is 9.18. The summed E-state index contributed by atoms with van der Waals surface area (Å²) in [6.07, 6.45) is 0. The van der Waals surface area contributed by atoms with Gasteiger partial charge in [-0.2, -0.15) is 0 Å². The van der Waals surface area contributed by atoms with Gasteiger partial charge in [0.05, 0.1) is 4.90 Å². The highest BCUT2D eigenvalue weighted by Gasteiger charge is 2.21. The van der Waals surface area contributed by atoms with Crippen molar-refractivity contribution < 1.29 is 17.9 Å². The van der Waals surface area contributed by atoms with Gasteiger partial charge in [-0.25, -0.2) is 13.1 Å². The van der Waals surface area contributed by atoms with Gasteiger partial charge in [-0.1, -0.05) is 36.4 Å². The molecular formula is C22H24N2O4S. The number of amides is 1. The maximum Gasteiger partial charge on any atom is 0.262 e. The smallest absolute Gasteiger partial charge is 0.262 e. The molecule has 0 atom stereocenters. The van der Waals surface area contributed by atoms with Crippen LogP contribution in [0.3, 0.4) is 0 Å². The Kier molecular flexibility index (Phi) is 5.91. The molecule has 6 nitrogen and oxygen atoms in total. The van der Waals surface area contributed by atoms with Crippen LogP contribution >= 0.6 is 0 Å². The molecule has 0 bridgehead atoms. The number of hydrogen-bond donors (Lipinski definition) is 2. The Balaban J connectivity index is 1.62. The van der Waals surface area contributed by atoms with E-state index >= 15 is 0 Å². The minimum Gasteiger partial charge on any atom is -0.484 e. The summed E-state index contributed by atoms with van der Waals surface area (Å²) >= 11 is 0. The summed E-state index contributed by atoms with van der Waals surface area (Å²) in [4.78, 5) is 12.4. The fourth-order valence-electron chi connectivity index (χ4n) is 2.85. The van der Waals surface area contributed by atoms with E-state index in [0.29, 0.717) is 11.4 Å². The fourth-order valence-corrected chi connectivity index (χ4v) is 4.27. The zero-order valence-corrected chi connectivity index (χ0v) is 17.4. The van der Waals surface area contributed by atoms with Crippen molar-refractivity contribution >= 4 is 32.4 Å². The third kappa shape index (κ3) is 5.56. The Morgan fingerprint density at radius 3 is 2.28 bits per heavy atom. The van der Waals surface area contributed by atoms with E-state index in [1.165, 1.54) is 24.3 Å². The van der Waals surface area contributed by atoms with E-state index in [-0.39, 0.29) is 17.4 Å². The molecule has 0 saturated carbocycles. The number of nitrogens with one attached hydrogen (secondary N) is 2. The molecule has 0 saturated heterocycles. The molecule has 3 aromatic carbocycles. The average molecular weight is 413 g/mol.